The van der Waals surface area contributed by atoms with Gasteiger partial charge in [0.05, 0.1) is 17.4 Å². The van der Waals surface area contributed by atoms with Gasteiger partial charge < -0.3 is 5.32 Å². The lowest BCUT2D eigenvalue weighted by Gasteiger charge is -2.20. The van der Waals surface area contributed by atoms with Crippen molar-refractivity contribution in [3.05, 3.63) is 52.6 Å². The van der Waals surface area contributed by atoms with E-state index in [1.807, 2.05) is 36.7 Å². The number of rotatable bonds is 4. The highest BCUT2D eigenvalue weighted by molar-refractivity contribution is 5.56. The van der Waals surface area contributed by atoms with Crippen LogP contribution in [-0.2, 0) is 0 Å². The van der Waals surface area contributed by atoms with Crippen molar-refractivity contribution in [3.8, 4) is 0 Å². The third-order valence-corrected chi connectivity index (χ3v) is 4.30. The quantitative estimate of drug-likeness (QED) is 0.793. The Labute approximate surface area is 136 Å². The average molecular weight is 309 g/mol. The van der Waals surface area contributed by atoms with Crippen molar-refractivity contribution in [1.82, 2.24) is 19.6 Å². The normalized spacial score (nSPS) is 12.6. The number of anilines is 1. The van der Waals surface area contributed by atoms with Crippen molar-refractivity contribution in [2.75, 3.05) is 5.32 Å². The molecular weight excluding hydrogens is 286 g/mol. The second kappa shape index (κ2) is 5.99. The molecule has 3 aromatic heterocycles. The number of pyridine rings is 1. The van der Waals surface area contributed by atoms with E-state index in [4.69, 9.17) is 0 Å². The fraction of sp³-hybridized carbons (Fsp3) is 0.389. The number of aryl methyl sites for hydroxylation is 4. The van der Waals surface area contributed by atoms with Crippen LogP contribution >= 0.6 is 0 Å². The molecule has 0 spiro atoms. The smallest absolute Gasteiger partial charge is 0.160 e. The summed E-state index contributed by atoms with van der Waals surface area (Å²) >= 11 is 0. The molecule has 0 aliphatic heterocycles. The molecule has 0 unspecified atom stereocenters. The fourth-order valence-electron chi connectivity index (χ4n) is 2.86. The third-order valence-electron chi connectivity index (χ3n) is 4.30. The van der Waals surface area contributed by atoms with E-state index < -0.39 is 0 Å². The molecule has 0 aliphatic rings. The first-order valence-electron chi connectivity index (χ1n) is 8.03. The van der Waals surface area contributed by atoms with Crippen LogP contribution < -0.4 is 5.32 Å². The summed E-state index contributed by atoms with van der Waals surface area (Å²) in [6.45, 7) is 10.4. The molecule has 0 aromatic carbocycles. The minimum Gasteiger partial charge on any atom is -0.362 e. The summed E-state index contributed by atoms with van der Waals surface area (Å²) in [6.07, 6.45) is 2.79. The SMILES string of the molecule is CC[C@@H](Nc1cc(C)nc2c(C)c(C)nn12)c1ncccc1C. The predicted octanol–water partition coefficient (Wildman–Crippen LogP) is 3.92. The Hall–Kier alpha value is -2.43. The lowest BCUT2D eigenvalue weighted by atomic mass is 10.1. The van der Waals surface area contributed by atoms with E-state index in [1.54, 1.807) is 0 Å². The predicted molar refractivity (Wildman–Crippen MR) is 92.8 cm³/mol. The fourth-order valence-corrected chi connectivity index (χ4v) is 2.86. The van der Waals surface area contributed by atoms with Crippen LogP contribution in [0.25, 0.3) is 5.65 Å². The summed E-state index contributed by atoms with van der Waals surface area (Å²) < 4.78 is 1.90. The van der Waals surface area contributed by atoms with E-state index in [9.17, 15) is 0 Å². The van der Waals surface area contributed by atoms with Crippen LogP contribution in [-0.4, -0.2) is 19.6 Å². The molecule has 3 heterocycles. The first-order chi connectivity index (χ1) is 11.0. The van der Waals surface area contributed by atoms with Crippen LogP contribution in [0.15, 0.2) is 24.4 Å². The monoisotopic (exact) mass is 309 g/mol. The molecule has 0 amide bonds. The summed E-state index contributed by atoms with van der Waals surface area (Å²) in [6, 6.07) is 6.26. The Kier molecular flexibility index (Phi) is 4.03. The van der Waals surface area contributed by atoms with Crippen LogP contribution in [0.2, 0.25) is 0 Å². The van der Waals surface area contributed by atoms with Gasteiger partial charge in [-0.05, 0) is 45.7 Å². The zero-order chi connectivity index (χ0) is 16.6. The zero-order valence-electron chi connectivity index (χ0n) is 14.4. The van der Waals surface area contributed by atoms with E-state index >= 15 is 0 Å². The molecule has 1 N–H and O–H groups in total. The number of hydrogen-bond donors (Lipinski definition) is 1. The Bertz CT molecular complexity index is 850. The van der Waals surface area contributed by atoms with E-state index in [0.29, 0.717) is 0 Å². The molecule has 0 bridgehead atoms. The van der Waals surface area contributed by atoms with Gasteiger partial charge in [-0.25, -0.2) is 4.98 Å². The van der Waals surface area contributed by atoms with E-state index in [2.05, 4.69) is 47.2 Å². The molecule has 3 rings (SSSR count). The van der Waals surface area contributed by atoms with Gasteiger partial charge in [0.2, 0.25) is 0 Å². The van der Waals surface area contributed by atoms with E-state index in [-0.39, 0.29) is 6.04 Å². The highest BCUT2D eigenvalue weighted by atomic mass is 15.3. The van der Waals surface area contributed by atoms with Crippen molar-refractivity contribution in [2.24, 2.45) is 0 Å². The van der Waals surface area contributed by atoms with Gasteiger partial charge in [-0.1, -0.05) is 13.0 Å². The standard InChI is InChI=1S/C18H23N5/c1-6-15(17-11(2)8-7-9-19-17)21-16-10-12(3)20-18-13(4)14(5)22-23(16)18/h7-10,15,21H,6H2,1-5H3/t15-/m1/s1. The molecule has 23 heavy (non-hydrogen) atoms. The van der Waals surface area contributed by atoms with Gasteiger partial charge in [-0.15, -0.1) is 0 Å². The topological polar surface area (TPSA) is 55.1 Å². The highest BCUT2D eigenvalue weighted by Crippen LogP contribution is 2.25. The van der Waals surface area contributed by atoms with Gasteiger partial charge in [-0.3, -0.25) is 4.98 Å². The number of nitrogens with zero attached hydrogens (tertiary/aromatic N) is 4. The second-order valence-corrected chi connectivity index (χ2v) is 6.04. The lowest BCUT2D eigenvalue weighted by molar-refractivity contribution is 0.704. The summed E-state index contributed by atoms with van der Waals surface area (Å²) in [5.41, 5.74) is 6.31. The van der Waals surface area contributed by atoms with E-state index in [1.165, 1.54) is 5.56 Å². The Morgan fingerprint density at radius 1 is 1.22 bits per heavy atom. The van der Waals surface area contributed by atoms with E-state index in [0.717, 1.165) is 40.5 Å². The summed E-state index contributed by atoms with van der Waals surface area (Å²) in [5, 5.41) is 8.24. The first-order valence-corrected chi connectivity index (χ1v) is 8.03. The second-order valence-electron chi connectivity index (χ2n) is 6.04. The molecule has 120 valence electrons. The van der Waals surface area contributed by atoms with Crippen molar-refractivity contribution in [2.45, 2.75) is 47.1 Å². The maximum atomic E-state index is 4.63. The minimum atomic E-state index is 0.144. The summed E-state index contributed by atoms with van der Waals surface area (Å²) in [5.74, 6) is 0.959. The largest absolute Gasteiger partial charge is 0.362 e. The molecular formula is C18H23N5. The molecule has 5 heteroatoms. The molecule has 0 saturated heterocycles. The van der Waals surface area contributed by atoms with Gasteiger partial charge >= 0.3 is 0 Å². The molecule has 0 aliphatic carbocycles. The van der Waals surface area contributed by atoms with Crippen LogP contribution in [0.4, 0.5) is 5.82 Å². The molecule has 0 saturated carbocycles. The number of nitrogens with one attached hydrogen (secondary N) is 1. The number of aromatic nitrogens is 4. The zero-order valence-corrected chi connectivity index (χ0v) is 14.4. The Morgan fingerprint density at radius 2 is 2.00 bits per heavy atom. The van der Waals surface area contributed by atoms with Crippen LogP contribution in [0.5, 0.6) is 0 Å². The van der Waals surface area contributed by atoms with Crippen molar-refractivity contribution < 1.29 is 0 Å². The van der Waals surface area contributed by atoms with Crippen molar-refractivity contribution in [3.63, 3.8) is 0 Å². The molecule has 3 aromatic rings. The average Bonchev–Trinajstić information content (AvgIpc) is 2.81. The maximum Gasteiger partial charge on any atom is 0.160 e. The first kappa shape index (κ1) is 15.5. The molecule has 5 nitrogen and oxygen atoms in total. The van der Waals surface area contributed by atoms with Crippen molar-refractivity contribution in [1.29, 1.82) is 0 Å². The Morgan fingerprint density at radius 3 is 2.70 bits per heavy atom. The van der Waals surface area contributed by atoms with Gasteiger partial charge in [0.25, 0.3) is 0 Å². The van der Waals surface area contributed by atoms with Gasteiger partial charge in [-0.2, -0.15) is 9.61 Å². The maximum absolute atomic E-state index is 4.63. The van der Waals surface area contributed by atoms with Crippen LogP contribution in [0.3, 0.4) is 0 Å². The minimum absolute atomic E-state index is 0.144. The molecule has 1 atom stereocenters. The number of fused-ring (bicyclic) bond motifs is 1. The number of hydrogen-bond acceptors (Lipinski definition) is 4. The van der Waals surface area contributed by atoms with Crippen LogP contribution in [0, 0.1) is 27.7 Å². The third kappa shape index (κ3) is 2.79. The highest BCUT2D eigenvalue weighted by Gasteiger charge is 2.17. The van der Waals surface area contributed by atoms with Gasteiger partial charge in [0.1, 0.15) is 5.82 Å². The molecule has 0 radical (unpaired) electrons. The van der Waals surface area contributed by atoms with Gasteiger partial charge in [0, 0.05) is 23.5 Å². The summed E-state index contributed by atoms with van der Waals surface area (Å²) in [7, 11) is 0. The lowest BCUT2D eigenvalue weighted by Crippen LogP contribution is -2.15. The molecule has 0 fully saturated rings. The summed E-state index contributed by atoms with van der Waals surface area (Å²) in [4.78, 5) is 9.19. The Balaban J connectivity index is 2.06. The van der Waals surface area contributed by atoms with Crippen molar-refractivity contribution >= 4 is 11.5 Å². The van der Waals surface area contributed by atoms with Crippen LogP contribution in [0.1, 0.15) is 47.6 Å². The van der Waals surface area contributed by atoms with Gasteiger partial charge in [0.15, 0.2) is 5.65 Å².